The van der Waals surface area contributed by atoms with Crippen molar-refractivity contribution in [2.45, 2.75) is 38.1 Å². The zero-order valence-corrected chi connectivity index (χ0v) is 17.4. The monoisotopic (exact) mass is 436 g/mol. The van der Waals surface area contributed by atoms with E-state index in [0.29, 0.717) is 25.7 Å². The largest absolute Gasteiger partial charge is 0.368 e. The molecule has 1 heterocycles. The Morgan fingerprint density at radius 3 is 2.54 bits per heavy atom. The zero-order chi connectivity index (χ0) is 29.1. The van der Waals surface area contributed by atoms with Crippen LogP contribution in [0.3, 0.4) is 0 Å². The van der Waals surface area contributed by atoms with E-state index in [2.05, 4.69) is 5.32 Å². The number of hydrogen-bond acceptors (Lipinski definition) is 3. The van der Waals surface area contributed by atoms with E-state index in [1.807, 2.05) is 0 Å². The number of rotatable bonds is 5. The average molecular weight is 437 g/mol. The summed E-state index contributed by atoms with van der Waals surface area (Å²) >= 11 is 12.3. The maximum absolute atomic E-state index is 11.9. The van der Waals surface area contributed by atoms with Crippen LogP contribution in [-0.4, -0.2) is 68.5 Å². The van der Waals surface area contributed by atoms with E-state index in [1.54, 1.807) is 14.1 Å². The molecular weight excluding hydrogens is 395 g/mol. The topological polar surface area (TPSA) is 38.8 Å². The molecule has 1 saturated heterocycles. The third-order valence-corrected chi connectivity index (χ3v) is 5.65. The number of amides is 2. The molecule has 1 N–H and O–H groups in total. The van der Waals surface area contributed by atoms with Crippen molar-refractivity contribution in [1.82, 2.24) is 15.1 Å². The van der Waals surface area contributed by atoms with Gasteiger partial charge in [0.25, 0.3) is 0 Å². The minimum atomic E-state index is -3.35. The fourth-order valence-corrected chi connectivity index (χ4v) is 3.54. The van der Waals surface area contributed by atoms with Gasteiger partial charge in [-0.15, -0.1) is 0 Å². The minimum absolute atomic E-state index is 0.0574. The van der Waals surface area contributed by atoms with Crippen molar-refractivity contribution in [3.05, 3.63) is 28.2 Å². The molecule has 2 aliphatic rings. The van der Waals surface area contributed by atoms with E-state index in [9.17, 15) is 4.79 Å². The lowest BCUT2D eigenvalue weighted by Gasteiger charge is -2.37. The van der Waals surface area contributed by atoms with E-state index in [-0.39, 0.29) is 49.9 Å². The van der Waals surface area contributed by atoms with Crippen LogP contribution >= 0.6 is 23.2 Å². The summed E-state index contributed by atoms with van der Waals surface area (Å²) < 4.78 is 86.6. The van der Waals surface area contributed by atoms with Gasteiger partial charge < -0.3 is 15.1 Å². The highest BCUT2D eigenvalue weighted by Crippen LogP contribution is 2.33. The summed E-state index contributed by atoms with van der Waals surface area (Å²) in [5.74, 6) is -0.318. The molecule has 1 aliphatic heterocycles. The molecular formula is C21H32Cl2N4O. The molecule has 1 saturated carbocycles. The maximum atomic E-state index is 11.9. The van der Waals surface area contributed by atoms with Crippen LogP contribution < -0.4 is 10.2 Å². The maximum Gasteiger partial charge on any atom is 0.317 e. The van der Waals surface area contributed by atoms with Gasteiger partial charge in [0.05, 0.1) is 21.2 Å². The molecule has 1 aromatic carbocycles. The van der Waals surface area contributed by atoms with Crippen LogP contribution in [0.25, 0.3) is 0 Å². The van der Waals surface area contributed by atoms with Gasteiger partial charge in [-0.2, -0.15) is 0 Å². The number of carbonyl (C=O) groups is 1. The lowest BCUT2D eigenvalue weighted by molar-refractivity contribution is 0.194. The number of urea groups is 1. The molecule has 0 radical (unpaired) electrons. The zero-order valence-electron chi connectivity index (χ0n) is 25.9. The second-order valence-electron chi connectivity index (χ2n) is 7.11. The SMILES string of the molecule is [2H]C([2H])(CC1CCC(NC(=O)N(C)C)CC1)N1C([2H])([2H])C([2H])([2H])N(c2cccc(Cl)c2Cl)C([2H])([2H])C1([2H])[2H]. The Kier molecular flexibility index (Phi) is 4.26. The van der Waals surface area contributed by atoms with Crippen LogP contribution in [-0.2, 0) is 0 Å². The van der Waals surface area contributed by atoms with Crippen molar-refractivity contribution in [3.8, 4) is 0 Å². The second kappa shape index (κ2) is 10.0. The molecule has 0 spiro atoms. The minimum Gasteiger partial charge on any atom is -0.368 e. The third-order valence-electron chi connectivity index (χ3n) is 4.84. The van der Waals surface area contributed by atoms with Crippen molar-refractivity contribution < 1.29 is 18.5 Å². The van der Waals surface area contributed by atoms with Crippen molar-refractivity contribution in [2.24, 2.45) is 5.92 Å². The van der Waals surface area contributed by atoms with Gasteiger partial charge in [-0.1, -0.05) is 29.3 Å². The summed E-state index contributed by atoms with van der Waals surface area (Å²) in [6.45, 7) is -16.0. The first-order chi connectivity index (χ1) is 17.2. The molecule has 0 bridgehead atoms. The van der Waals surface area contributed by atoms with Gasteiger partial charge in [0.1, 0.15) is 0 Å². The van der Waals surface area contributed by atoms with Crippen LogP contribution in [0.15, 0.2) is 18.2 Å². The first-order valence-electron chi connectivity index (χ1n) is 14.2. The number of anilines is 1. The normalized spacial score (nSPS) is 36.5. The highest BCUT2D eigenvalue weighted by molar-refractivity contribution is 6.43. The van der Waals surface area contributed by atoms with Crippen molar-refractivity contribution in [3.63, 3.8) is 0 Å². The Morgan fingerprint density at radius 2 is 1.89 bits per heavy atom. The number of hydrogen-bond donors (Lipinski definition) is 1. The van der Waals surface area contributed by atoms with Gasteiger partial charge in [0, 0.05) is 54.3 Å². The fraction of sp³-hybridized carbons (Fsp3) is 0.667. The molecule has 7 heteroatoms. The molecule has 156 valence electrons. The summed E-state index contributed by atoms with van der Waals surface area (Å²) in [4.78, 5) is 13.7. The highest BCUT2D eigenvalue weighted by atomic mass is 35.5. The van der Waals surface area contributed by atoms with E-state index >= 15 is 0 Å². The number of piperazine rings is 1. The Balaban J connectivity index is 1.93. The predicted molar refractivity (Wildman–Crippen MR) is 118 cm³/mol. The highest BCUT2D eigenvalue weighted by Gasteiger charge is 2.24. The average Bonchev–Trinajstić information content (AvgIpc) is 2.76. The third kappa shape index (κ3) is 5.68. The van der Waals surface area contributed by atoms with Gasteiger partial charge in [-0.25, -0.2) is 4.79 Å². The smallest absolute Gasteiger partial charge is 0.317 e. The van der Waals surface area contributed by atoms with E-state index in [0.717, 1.165) is 0 Å². The van der Waals surface area contributed by atoms with Gasteiger partial charge >= 0.3 is 6.03 Å². The Hall–Kier alpha value is -1.17. The number of nitrogens with one attached hydrogen (secondary N) is 1. The number of nitrogens with zero attached hydrogens (tertiary/aromatic N) is 3. The summed E-state index contributed by atoms with van der Waals surface area (Å²) in [7, 11) is 3.24. The number of carbonyl (C=O) groups excluding carboxylic acids is 1. The van der Waals surface area contributed by atoms with E-state index in [1.165, 1.54) is 23.1 Å². The van der Waals surface area contributed by atoms with Crippen LogP contribution in [0.4, 0.5) is 10.5 Å². The molecule has 1 aliphatic carbocycles. The lowest BCUT2D eigenvalue weighted by Crippen LogP contribution is -2.47. The molecule has 5 nitrogen and oxygen atoms in total. The fourth-order valence-electron chi connectivity index (χ4n) is 3.16. The van der Waals surface area contributed by atoms with Crippen molar-refractivity contribution >= 4 is 34.9 Å². The van der Waals surface area contributed by atoms with Gasteiger partial charge in [0.15, 0.2) is 0 Å². The van der Waals surface area contributed by atoms with Crippen LogP contribution in [0.1, 0.15) is 45.8 Å². The molecule has 2 amide bonds. The Labute approximate surface area is 193 Å². The lowest BCUT2D eigenvalue weighted by atomic mass is 9.84. The van der Waals surface area contributed by atoms with Crippen LogP contribution in [0, 0.1) is 5.92 Å². The molecule has 0 unspecified atom stereocenters. The summed E-state index contributed by atoms with van der Waals surface area (Å²) in [5.41, 5.74) is -0.361. The summed E-state index contributed by atoms with van der Waals surface area (Å²) in [6.07, 6.45) is 1.68. The molecule has 2 fully saturated rings. The second-order valence-corrected chi connectivity index (χ2v) is 7.90. The summed E-state index contributed by atoms with van der Waals surface area (Å²) in [5, 5.41) is 2.53. The van der Waals surface area contributed by atoms with Crippen LogP contribution in [0.5, 0.6) is 0 Å². The van der Waals surface area contributed by atoms with Crippen molar-refractivity contribution in [2.75, 3.05) is 51.5 Å². The molecule has 3 rings (SSSR count). The first-order valence-corrected chi connectivity index (χ1v) is 9.98. The summed E-state index contributed by atoms with van der Waals surface area (Å²) in [6, 6.07) is 3.57. The van der Waals surface area contributed by atoms with Gasteiger partial charge in [0.2, 0.25) is 0 Å². The molecule has 28 heavy (non-hydrogen) atoms. The van der Waals surface area contributed by atoms with E-state index < -0.39 is 32.5 Å². The van der Waals surface area contributed by atoms with Gasteiger partial charge in [-0.05, 0) is 56.7 Å². The van der Waals surface area contributed by atoms with Crippen LogP contribution in [0.2, 0.25) is 10.0 Å². The van der Waals surface area contributed by atoms with Crippen molar-refractivity contribution in [1.29, 1.82) is 0 Å². The Bertz CT molecular complexity index is 1020. The predicted octanol–water partition coefficient (Wildman–Crippen LogP) is 4.34. The van der Waals surface area contributed by atoms with Gasteiger partial charge in [-0.3, -0.25) is 4.90 Å². The van der Waals surface area contributed by atoms with E-state index in [4.69, 9.17) is 36.9 Å². The Morgan fingerprint density at radius 1 is 1.21 bits per heavy atom. The molecule has 0 aromatic heterocycles. The number of benzene rings is 1. The standard InChI is InChI=1S/C21H32Cl2N4O/c1-25(2)21(28)24-17-8-6-16(7-9-17)10-11-26-12-14-27(15-13-26)19-5-3-4-18(22)20(19)23/h3-5,16-17H,6-15H2,1-2H3,(H,24,28)/i11D2,12D2,13D2,14D2,15D2. The quantitative estimate of drug-likeness (QED) is 0.745. The number of halogens is 2. The first kappa shape index (κ1) is 11.9. The molecule has 1 aromatic rings. The molecule has 0 atom stereocenters.